The number of anilines is 3. The Morgan fingerprint density at radius 1 is 1.12 bits per heavy atom. The van der Waals surface area contributed by atoms with Gasteiger partial charge in [-0.2, -0.15) is 0 Å². The van der Waals surface area contributed by atoms with Crippen LogP contribution in [0.2, 0.25) is 5.02 Å². The zero-order valence-corrected chi connectivity index (χ0v) is 20.5. The summed E-state index contributed by atoms with van der Waals surface area (Å²) < 4.78 is 0. The first kappa shape index (κ1) is 23.8. The fourth-order valence-corrected chi connectivity index (χ4v) is 4.49. The van der Waals surface area contributed by atoms with Crippen molar-refractivity contribution in [1.29, 1.82) is 0 Å². The van der Waals surface area contributed by atoms with Gasteiger partial charge in [0.2, 0.25) is 16.9 Å². The van der Waals surface area contributed by atoms with Gasteiger partial charge >= 0.3 is 0 Å². The van der Waals surface area contributed by atoms with E-state index in [0.717, 1.165) is 11.3 Å². The number of aromatic nitrogens is 2. The second-order valence-corrected chi connectivity index (χ2v) is 9.88. The Balaban J connectivity index is 1.39. The molecule has 0 radical (unpaired) electrons. The summed E-state index contributed by atoms with van der Waals surface area (Å²) in [5.41, 5.74) is 2.76. The van der Waals surface area contributed by atoms with Crippen molar-refractivity contribution in [3.63, 3.8) is 0 Å². The zero-order valence-electron chi connectivity index (χ0n) is 19.0. The quantitative estimate of drug-likeness (QED) is 0.505. The van der Waals surface area contributed by atoms with Gasteiger partial charge in [0, 0.05) is 46.8 Å². The summed E-state index contributed by atoms with van der Waals surface area (Å²) in [5, 5.41) is 15.5. The molecule has 1 aliphatic rings. The summed E-state index contributed by atoms with van der Waals surface area (Å²) in [7, 11) is 0. The Bertz CT molecular complexity index is 1240. The maximum absolute atomic E-state index is 12.6. The number of rotatable bonds is 6. The smallest absolute Gasteiger partial charge is 0.257 e. The van der Waals surface area contributed by atoms with Crippen molar-refractivity contribution in [2.75, 3.05) is 22.1 Å². The lowest BCUT2D eigenvalue weighted by Gasteiger charge is -2.17. The van der Waals surface area contributed by atoms with Crippen LogP contribution in [0.15, 0.2) is 42.5 Å². The summed E-state index contributed by atoms with van der Waals surface area (Å²) in [6.45, 7) is 6.01. The van der Waals surface area contributed by atoms with Crippen LogP contribution in [0.1, 0.15) is 47.1 Å². The number of aryl methyl sites for hydroxylation is 1. The van der Waals surface area contributed by atoms with Crippen LogP contribution in [0.5, 0.6) is 0 Å². The normalized spacial score (nSPS) is 15.6. The van der Waals surface area contributed by atoms with Crippen molar-refractivity contribution in [1.82, 2.24) is 10.2 Å². The molecule has 2 N–H and O–H groups in total. The number of benzene rings is 2. The highest BCUT2D eigenvalue weighted by atomic mass is 35.5. The number of carbonyl (C=O) groups excluding carboxylic acids is 3. The number of halogens is 1. The monoisotopic (exact) mass is 497 g/mol. The Morgan fingerprint density at radius 3 is 2.53 bits per heavy atom. The average molecular weight is 498 g/mol. The molecule has 0 saturated carbocycles. The molecule has 1 aromatic heterocycles. The number of nitrogens with zero attached hydrogens (tertiary/aromatic N) is 3. The molecule has 3 amide bonds. The van der Waals surface area contributed by atoms with Crippen LogP contribution in [0.4, 0.5) is 16.5 Å². The van der Waals surface area contributed by atoms with Crippen LogP contribution in [0.25, 0.3) is 0 Å². The van der Waals surface area contributed by atoms with Gasteiger partial charge in [0.25, 0.3) is 5.91 Å². The second kappa shape index (κ2) is 9.90. The number of hydrogen-bond acceptors (Lipinski definition) is 6. The third-order valence-electron chi connectivity index (χ3n) is 5.54. The Labute approximate surface area is 206 Å². The van der Waals surface area contributed by atoms with E-state index < -0.39 is 0 Å². The highest BCUT2D eigenvalue weighted by Crippen LogP contribution is 2.35. The first-order valence-corrected chi connectivity index (χ1v) is 12.0. The van der Waals surface area contributed by atoms with Crippen LogP contribution >= 0.6 is 22.9 Å². The van der Waals surface area contributed by atoms with E-state index in [9.17, 15) is 14.4 Å². The molecule has 8 nitrogen and oxygen atoms in total. The van der Waals surface area contributed by atoms with E-state index in [0.29, 0.717) is 39.4 Å². The molecule has 1 fully saturated rings. The largest absolute Gasteiger partial charge is 0.326 e. The maximum atomic E-state index is 12.6. The first-order chi connectivity index (χ1) is 16.2. The lowest BCUT2D eigenvalue weighted by atomic mass is 10.1. The third kappa shape index (κ3) is 5.26. The van der Waals surface area contributed by atoms with Gasteiger partial charge in [-0.15, -0.1) is 10.2 Å². The zero-order chi connectivity index (χ0) is 24.4. The van der Waals surface area contributed by atoms with Crippen LogP contribution in [0, 0.1) is 12.8 Å². The van der Waals surface area contributed by atoms with Crippen molar-refractivity contribution >= 4 is 57.2 Å². The average Bonchev–Trinajstić information content (AvgIpc) is 3.42. The molecular formula is C24H24ClN5O3S. The molecule has 1 aliphatic heterocycles. The topological polar surface area (TPSA) is 104 Å². The predicted molar refractivity (Wildman–Crippen MR) is 134 cm³/mol. The number of hydrogen-bond donors (Lipinski definition) is 2. The van der Waals surface area contributed by atoms with Gasteiger partial charge in [0.05, 0.1) is 0 Å². The molecule has 2 aromatic carbocycles. The fraction of sp³-hybridized carbons (Fsp3) is 0.292. The van der Waals surface area contributed by atoms with Crippen molar-refractivity contribution < 1.29 is 14.4 Å². The minimum atomic E-state index is -0.331. The highest BCUT2D eigenvalue weighted by Gasteiger charge is 2.34. The molecule has 0 spiro atoms. The van der Waals surface area contributed by atoms with Crippen LogP contribution < -0.4 is 15.5 Å². The number of carbonyl (C=O) groups is 3. The van der Waals surface area contributed by atoms with E-state index in [2.05, 4.69) is 20.8 Å². The number of amides is 3. The van der Waals surface area contributed by atoms with E-state index in [1.807, 2.05) is 32.9 Å². The molecule has 176 valence electrons. The minimum absolute atomic E-state index is 0.00430. The van der Waals surface area contributed by atoms with Crippen LogP contribution in [-0.4, -0.2) is 34.5 Å². The lowest BCUT2D eigenvalue weighted by molar-refractivity contribution is -0.119. The third-order valence-corrected chi connectivity index (χ3v) is 6.95. The van der Waals surface area contributed by atoms with Crippen LogP contribution in [0.3, 0.4) is 0 Å². The second-order valence-electron chi connectivity index (χ2n) is 8.46. The standard InChI is InChI=1S/C24H24ClN5O3S/c1-13(2)21(32)26-17-7-5-15(6-8-17)22(33)27-24-29-28-23(34-24)16-10-20(31)30(12-16)18-9-4-14(3)19(25)11-18/h4-9,11,13,16H,10,12H2,1-3H3,(H,26,32)(H,27,29,33)/t16-/m1/s1. The molecule has 4 rings (SSSR count). The molecule has 3 aromatic rings. The van der Waals surface area contributed by atoms with Gasteiger partial charge < -0.3 is 10.2 Å². The van der Waals surface area contributed by atoms with Gasteiger partial charge in [-0.05, 0) is 48.9 Å². The van der Waals surface area contributed by atoms with Gasteiger partial charge in [0.15, 0.2) is 0 Å². The van der Waals surface area contributed by atoms with E-state index in [1.165, 1.54) is 11.3 Å². The SMILES string of the molecule is Cc1ccc(N2C[C@H](c3nnc(NC(=O)c4ccc(NC(=O)C(C)C)cc4)s3)CC2=O)cc1Cl. The Kier molecular flexibility index (Phi) is 6.95. The lowest BCUT2D eigenvalue weighted by Crippen LogP contribution is -2.24. The van der Waals surface area contributed by atoms with Gasteiger partial charge in [-0.3, -0.25) is 19.7 Å². The first-order valence-electron chi connectivity index (χ1n) is 10.8. The van der Waals surface area contributed by atoms with Crippen molar-refractivity contribution in [3.05, 3.63) is 63.6 Å². The van der Waals surface area contributed by atoms with E-state index in [-0.39, 0.29) is 29.6 Å². The highest BCUT2D eigenvalue weighted by molar-refractivity contribution is 7.15. The maximum Gasteiger partial charge on any atom is 0.257 e. The Hall–Kier alpha value is -3.30. The molecule has 34 heavy (non-hydrogen) atoms. The molecule has 0 aliphatic carbocycles. The van der Waals surface area contributed by atoms with E-state index in [4.69, 9.17) is 11.6 Å². The van der Waals surface area contributed by atoms with Gasteiger partial charge in [-0.1, -0.05) is 42.9 Å². The van der Waals surface area contributed by atoms with E-state index >= 15 is 0 Å². The molecule has 1 saturated heterocycles. The summed E-state index contributed by atoms with van der Waals surface area (Å²) in [4.78, 5) is 38.7. The minimum Gasteiger partial charge on any atom is -0.326 e. The summed E-state index contributed by atoms with van der Waals surface area (Å²) >= 11 is 7.48. The summed E-state index contributed by atoms with van der Waals surface area (Å²) in [6, 6.07) is 12.2. The number of nitrogens with one attached hydrogen (secondary N) is 2. The molecule has 1 atom stereocenters. The van der Waals surface area contributed by atoms with Crippen molar-refractivity contribution in [3.8, 4) is 0 Å². The van der Waals surface area contributed by atoms with Gasteiger partial charge in [0.1, 0.15) is 5.01 Å². The van der Waals surface area contributed by atoms with E-state index in [1.54, 1.807) is 35.2 Å². The molecule has 10 heteroatoms. The predicted octanol–water partition coefficient (Wildman–Crippen LogP) is 4.87. The fourth-order valence-electron chi connectivity index (χ4n) is 3.48. The van der Waals surface area contributed by atoms with Crippen LogP contribution in [-0.2, 0) is 9.59 Å². The van der Waals surface area contributed by atoms with Crippen molar-refractivity contribution in [2.45, 2.75) is 33.1 Å². The molecule has 0 bridgehead atoms. The molecular weight excluding hydrogens is 474 g/mol. The summed E-state index contributed by atoms with van der Waals surface area (Å²) in [6.07, 6.45) is 0.317. The molecule has 2 heterocycles. The Morgan fingerprint density at radius 2 is 1.85 bits per heavy atom. The summed E-state index contributed by atoms with van der Waals surface area (Å²) in [5.74, 6) is -0.669. The van der Waals surface area contributed by atoms with Crippen molar-refractivity contribution in [2.24, 2.45) is 5.92 Å². The molecule has 0 unspecified atom stereocenters. The van der Waals surface area contributed by atoms with Gasteiger partial charge in [-0.25, -0.2) is 0 Å².